The Labute approximate surface area is 194 Å². The average molecular weight is 451 g/mol. The van der Waals surface area contributed by atoms with E-state index in [9.17, 15) is 9.18 Å². The van der Waals surface area contributed by atoms with E-state index in [1.165, 1.54) is 12.1 Å². The molecule has 1 saturated heterocycles. The van der Waals surface area contributed by atoms with Gasteiger partial charge in [0.15, 0.2) is 0 Å². The third-order valence-electron chi connectivity index (χ3n) is 6.25. The van der Waals surface area contributed by atoms with Gasteiger partial charge in [0.25, 0.3) is 0 Å². The van der Waals surface area contributed by atoms with Gasteiger partial charge in [-0.1, -0.05) is 72.3 Å². The minimum Gasteiger partial charge on any atom is -0.349 e. The Morgan fingerprint density at radius 1 is 1.03 bits per heavy atom. The molecule has 1 heterocycles. The number of carbonyl (C=O) groups excluding carboxylic acids is 1. The molecule has 32 heavy (non-hydrogen) atoms. The minimum absolute atomic E-state index is 0.0531. The lowest BCUT2D eigenvalue weighted by molar-refractivity contribution is -0.127. The van der Waals surface area contributed by atoms with Crippen LogP contribution in [0.3, 0.4) is 0 Å². The summed E-state index contributed by atoms with van der Waals surface area (Å²) in [5.74, 6) is -0.206. The van der Waals surface area contributed by atoms with Crippen molar-refractivity contribution in [2.24, 2.45) is 5.92 Å². The summed E-state index contributed by atoms with van der Waals surface area (Å²) in [6.07, 6.45) is 0.734. The zero-order valence-corrected chi connectivity index (χ0v) is 18.9. The monoisotopic (exact) mass is 450 g/mol. The highest BCUT2D eigenvalue weighted by molar-refractivity contribution is 6.31. The van der Waals surface area contributed by atoms with Crippen molar-refractivity contribution in [3.8, 4) is 0 Å². The van der Waals surface area contributed by atoms with Gasteiger partial charge in [0.2, 0.25) is 5.91 Å². The minimum atomic E-state index is -0.247. The summed E-state index contributed by atoms with van der Waals surface area (Å²) < 4.78 is 13.5. The summed E-state index contributed by atoms with van der Waals surface area (Å²) in [7, 11) is 0. The molecule has 0 saturated carbocycles. The fraction of sp³-hybridized carbons (Fsp3) is 0.296. The molecule has 3 aromatic carbocycles. The van der Waals surface area contributed by atoms with Gasteiger partial charge in [-0.15, -0.1) is 0 Å². The van der Waals surface area contributed by atoms with Crippen molar-refractivity contribution in [2.75, 3.05) is 13.1 Å². The Morgan fingerprint density at radius 2 is 1.72 bits per heavy atom. The lowest BCUT2D eigenvalue weighted by Crippen LogP contribution is -2.45. The van der Waals surface area contributed by atoms with Crippen molar-refractivity contribution in [1.82, 2.24) is 10.2 Å². The molecular weight excluding hydrogens is 423 g/mol. The maximum absolute atomic E-state index is 13.5. The van der Waals surface area contributed by atoms with Crippen molar-refractivity contribution >= 4 is 17.5 Å². The second-order valence-corrected chi connectivity index (χ2v) is 9.01. The molecule has 0 aliphatic carbocycles. The molecule has 0 aromatic heterocycles. The number of likely N-dealkylation sites (tertiary alicyclic amines) is 1. The van der Waals surface area contributed by atoms with Crippen LogP contribution in [0.2, 0.25) is 5.02 Å². The van der Waals surface area contributed by atoms with Crippen LogP contribution >= 0.6 is 11.6 Å². The van der Waals surface area contributed by atoms with E-state index in [0.29, 0.717) is 13.1 Å². The molecule has 0 radical (unpaired) electrons. The Kier molecular flexibility index (Phi) is 7.23. The average Bonchev–Trinajstić information content (AvgIpc) is 2.81. The van der Waals surface area contributed by atoms with Crippen LogP contribution in [0.4, 0.5) is 4.39 Å². The smallest absolute Gasteiger partial charge is 0.224 e. The molecular formula is C27H28ClFN2O. The predicted octanol–water partition coefficient (Wildman–Crippen LogP) is 5.96. The van der Waals surface area contributed by atoms with Crippen molar-refractivity contribution in [3.63, 3.8) is 0 Å². The Balaban J connectivity index is 1.52. The maximum Gasteiger partial charge on any atom is 0.224 e. The predicted molar refractivity (Wildman–Crippen MR) is 127 cm³/mol. The van der Waals surface area contributed by atoms with Gasteiger partial charge in [-0.2, -0.15) is 0 Å². The molecule has 3 nitrogen and oxygen atoms in total. The summed E-state index contributed by atoms with van der Waals surface area (Å²) in [6.45, 7) is 4.15. The van der Waals surface area contributed by atoms with Crippen molar-refractivity contribution in [2.45, 2.75) is 31.8 Å². The number of halogens is 2. The summed E-state index contributed by atoms with van der Waals surface area (Å²) in [5, 5.41) is 3.92. The number of hydrogen-bond acceptors (Lipinski definition) is 2. The number of benzene rings is 3. The van der Waals surface area contributed by atoms with Crippen LogP contribution in [0.25, 0.3) is 0 Å². The SMILES string of the molecule is CC(NC(=O)C1CC(c2ccc(F)cc2)CN(Cc2ccccc2Cl)C1)c1ccccc1. The molecule has 3 atom stereocenters. The normalized spacial score (nSPS) is 20.0. The highest BCUT2D eigenvalue weighted by Gasteiger charge is 2.33. The van der Waals surface area contributed by atoms with E-state index in [2.05, 4.69) is 10.2 Å². The van der Waals surface area contributed by atoms with Gasteiger partial charge in [0.1, 0.15) is 5.82 Å². The number of amides is 1. The van der Waals surface area contributed by atoms with E-state index >= 15 is 0 Å². The molecule has 3 aromatic rings. The van der Waals surface area contributed by atoms with Crippen LogP contribution in [0.15, 0.2) is 78.9 Å². The van der Waals surface area contributed by atoms with E-state index in [0.717, 1.165) is 34.7 Å². The largest absolute Gasteiger partial charge is 0.349 e. The Hall–Kier alpha value is -2.69. The third kappa shape index (κ3) is 5.56. The van der Waals surface area contributed by atoms with Gasteiger partial charge in [-0.3, -0.25) is 9.69 Å². The summed E-state index contributed by atoms with van der Waals surface area (Å²) in [5.41, 5.74) is 3.19. The van der Waals surface area contributed by atoms with Gasteiger partial charge in [0, 0.05) is 24.7 Å². The Bertz CT molecular complexity index is 1040. The van der Waals surface area contributed by atoms with Gasteiger partial charge in [-0.25, -0.2) is 4.39 Å². The van der Waals surface area contributed by atoms with E-state index in [1.807, 2.05) is 73.7 Å². The zero-order valence-electron chi connectivity index (χ0n) is 18.2. The summed E-state index contributed by atoms with van der Waals surface area (Å²) in [4.78, 5) is 15.5. The van der Waals surface area contributed by atoms with E-state index < -0.39 is 0 Å². The fourth-order valence-electron chi connectivity index (χ4n) is 4.51. The first-order valence-electron chi connectivity index (χ1n) is 11.1. The molecule has 3 unspecified atom stereocenters. The van der Waals surface area contributed by atoms with Gasteiger partial charge in [-0.05, 0) is 54.2 Å². The molecule has 0 bridgehead atoms. The number of hydrogen-bond donors (Lipinski definition) is 1. The standard InChI is InChI=1S/C27H28ClFN2O/c1-19(20-7-3-2-4-8-20)30-27(32)24-15-23(21-11-13-25(29)14-12-21)17-31(18-24)16-22-9-5-6-10-26(22)28/h2-14,19,23-24H,15-18H2,1H3,(H,30,32). The molecule has 1 aliphatic heterocycles. The van der Waals surface area contributed by atoms with E-state index in [4.69, 9.17) is 11.6 Å². The summed E-state index contributed by atoms with van der Waals surface area (Å²) >= 11 is 6.40. The van der Waals surface area contributed by atoms with Crippen molar-refractivity contribution < 1.29 is 9.18 Å². The second kappa shape index (κ2) is 10.3. The van der Waals surface area contributed by atoms with Crippen LogP contribution in [-0.4, -0.2) is 23.9 Å². The molecule has 4 rings (SSSR count). The lowest BCUT2D eigenvalue weighted by Gasteiger charge is -2.38. The van der Waals surface area contributed by atoms with Gasteiger partial charge >= 0.3 is 0 Å². The van der Waals surface area contributed by atoms with Crippen LogP contribution in [0.1, 0.15) is 42.0 Å². The summed E-state index contributed by atoms with van der Waals surface area (Å²) in [6, 6.07) is 24.4. The number of piperidine rings is 1. The molecule has 0 spiro atoms. The molecule has 1 N–H and O–H groups in total. The van der Waals surface area contributed by atoms with E-state index in [1.54, 1.807) is 0 Å². The third-order valence-corrected chi connectivity index (χ3v) is 6.62. The van der Waals surface area contributed by atoms with Crippen LogP contribution < -0.4 is 5.32 Å². The highest BCUT2D eigenvalue weighted by Crippen LogP contribution is 2.32. The molecule has 5 heteroatoms. The number of nitrogens with zero attached hydrogens (tertiary/aromatic N) is 1. The molecule has 1 amide bonds. The van der Waals surface area contributed by atoms with E-state index in [-0.39, 0.29) is 29.6 Å². The molecule has 166 valence electrons. The van der Waals surface area contributed by atoms with Gasteiger partial charge in [0.05, 0.1) is 12.0 Å². The number of rotatable bonds is 6. The van der Waals surface area contributed by atoms with Crippen molar-refractivity contribution in [1.29, 1.82) is 0 Å². The lowest BCUT2D eigenvalue weighted by atomic mass is 9.83. The fourth-order valence-corrected chi connectivity index (χ4v) is 4.71. The first-order valence-corrected chi connectivity index (χ1v) is 11.4. The van der Waals surface area contributed by atoms with Gasteiger partial charge < -0.3 is 5.32 Å². The zero-order chi connectivity index (χ0) is 22.5. The van der Waals surface area contributed by atoms with Crippen molar-refractivity contribution in [3.05, 3.63) is 106 Å². The molecule has 1 aliphatic rings. The number of nitrogens with one attached hydrogen (secondary N) is 1. The highest BCUT2D eigenvalue weighted by atomic mass is 35.5. The first-order chi connectivity index (χ1) is 15.5. The quantitative estimate of drug-likeness (QED) is 0.502. The topological polar surface area (TPSA) is 32.3 Å². The Morgan fingerprint density at radius 3 is 2.44 bits per heavy atom. The van der Waals surface area contributed by atoms with Crippen LogP contribution in [0, 0.1) is 11.7 Å². The number of carbonyl (C=O) groups is 1. The van der Waals surface area contributed by atoms with Crippen LogP contribution in [0.5, 0.6) is 0 Å². The maximum atomic E-state index is 13.5. The second-order valence-electron chi connectivity index (χ2n) is 8.61. The van der Waals surface area contributed by atoms with Crippen LogP contribution in [-0.2, 0) is 11.3 Å². The first kappa shape index (κ1) is 22.5. The molecule has 1 fully saturated rings.